The maximum atomic E-state index is 13.8. The number of halogens is 17. The Hall–Kier alpha value is -0.884. The van der Waals surface area contributed by atoms with Gasteiger partial charge in [0.1, 0.15) is 15.9 Å². The molecule has 23 heteroatoms. The largest absolute Gasteiger partial charge is 1.00 e. The van der Waals surface area contributed by atoms with Gasteiger partial charge < -0.3 is 9.29 Å². The second-order valence-electron chi connectivity index (χ2n) is 6.52. The van der Waals surface area contributed by atoms with Gasteiger partial charge in [0.15, 0.2) is 0 Å². The molecular weight excluding hydrogens is 638 g/mol. The molecule has 0 saturated heterocycles. The minimum atomic E-state index is -8.63. The normalized spacial score (nSPS) is 15.5. The molecule has 0 aliphatic rings. The Balaban J connectivity index is 0.0000137. The molecule has 38 heavy (non-hydrogen) atoms. The van der Waals surface area contributed by atoms with Crippen LogP contribution >= 0.6 is 0 Å². The standard InChI is InChI=1S/C15H5F17O4S.K/c16-7(8(17)10(20,21)22)9(18,19)11(23,24)12(25,26)13(27,28)14(29,30)15(31,32)36-5-3-1-2-4-6(5)37(33,34)35;/h1-4H,(H,33,34,35);/q;+1/p-1/b8-7+;. The van der Waals surface area contributed by atoms with Crippen molar-refractivity contribution in [3.05, 3.63) is 35.9 Å². The van der Waals surface area contributed by atoms with Crippen molar-refractivity contribution in [3.8, 4) is 5.75 Å². The third kappa shape index (κ3) is 6.06. The number of ether oxygens (including phenoxy) is 1. The smallest absolute Gasteiger partial charge is 0.744 e. The molecule has 1 rings (SSSR count). The second-order valence-corrected chi connectivity index (χ2v) is 7.87. The SMILES string of the molecule is O=S(=O)([O-])c1ccccc1OC(F)(F)C(F)(F)C(F)(F)C(F)(F)C(F)(F)C(F)(F)/C(F)=C(\F)C(F)(F)F.[K+]. The summed E-state index contributed by atoms with van der Waals surface area (Å²) in [5.41, 5.74) is 0. The number of alkyl halides is 15. The van der Waals surface area contributed by atoms with Crippen LogP contribution in [0.25, 0.3) is 0 Å². The van der Waals surface area contributed by atoms with Gasteiger partial charge in [-0.2, -0.15) is 70.2 Å². The van der Waals surface area contributed by atoms with Crippen molar-refractivity contribution in [2.45, 2.75) is 46.8 Å². The van der Waals surface area contributed by atoms with E-state index in [2.05, 4.69) is 4.74 Å². The van der Waals surface area contributed by atoms with Gasteiger partial charge in [-0.15, -0.1) is 0 Å². The molecule has 0 spiro atoms. The van der Waals surface area contributed by atoms with Gasteiger partial charge in [-0.1, -0.05) is 12.1 Å². The van der Waals surface area contributed by atoms with E-state index in [9.17, 15) is 87.6 Å². The number of hydrogen-bond acceptors (Lipinski definition) is 4. The monoisotopic (exact) mass is 642 g/mol. The first-order valence-electron chi connectivity index (χ1n) is 8.15. The molecular formula is C15H4F17KO4S. The molecule has 0 heterocycles. The molecule has 0 radical (unpaired) electrons. The van der Waals surface area contributed by atoms with Crippen LogP contribution < -0.4 is 56.1 Å². The van der Waals surface area contributed by atoms with Crippen molar-refractivity contribution >= 4 is 10.1 Å². The Morgan fingerprint density at radius 2 is 1.05 bits per heavy atom. The second kappa shape index (κ2) is 10.8. The molecule has 0 atom stereocenters. The molecule has 4 nitrogen and oxygen atoms in total. The number of hydrogen-bond donors (Lipinski definition) is 0. The van der Waals surface area contributed by atoms with E-state index >= 15 is 0 Å². The van der Waals surface area contributed by atoms with Crippen molar-refractivity contribution in [1.82, 2.24) is 0 Å². The molecule has 0 unspecified atom stereocenters. The summed E-state index contributed by atoms with van der Waals surface area (Å²) in [5.74, 6) is -54.2. The topological polar surface area (TPSA) is 66.4 Å². The van der Waals surface area contributed by atoms with Gasteiger partial charge >= 0.3 is 93.3 Å². The number of benzene rings is 1. The summed E-state index contributed by atoms with van der Waals surface area (Å²) >= 11 is 0. The van der Waals surface area contributed by atoms with Crippen LogP contribution in [0.1, 0.15) is 0 Å². The van der Waals surface area contributed by atoms with Crippen LogP contribution in [0.4, 0.5) is 74.6 Å². The van der Waals surface area contributed by atoms with Crippen molar-refractivity contribution in [2.75, 3.05) is 0 Å². The van der Waals surface area contributed by atoms with Crippen LogP contribution in [0.5, 0.6) is 5.75 Å². The summed E-state index contributed by atoms with van der Waals surface area (Å²) in [5, 5.41) is 0. The van der Waals surface area contributed by atoms with Gasteiger partial charge in [0.05, 0.1) is 4.90 Å². The van der Waals surface area contributed by atoms with E-state index < -0.39 is 74.3 Å². The molecule has 0 N–H and O–H groups in total. The van der Waals surface area contributed by atoms with E-state index in [-0.39, 0.29) is 63.5 Å². The molecule has 0 aliphatic carbocycles. The van der Waals surface area contributed by atoms with Gasteiger partial charge in [-0.25, -0.2) is 12.8 Å². The average molecular weight is 642 g/mol. The van der Waals surface area contributed by atoms with E-state index in [0.29, 0.717) is 12.1 Å². The van der Waals surface area contributed by atoms with Crippen LogP contribution in [0.3, 0.4) is 0 Å². The summed E-state index contributed by atoms with van der Waals surface area (Å²) in [4.78, 5) is -2.03. The molecule has 0 bridgehead atoms. The fraction of sp³-hybridized carbons (Fsp3) is 0.467. The minimum Gasteiger partial charge on any atom is -0.744 e. The van der Waals surface area contributed by atoms with E-state index in [1.165, 1.54) is 0 Å². The summed E-state index contributed by atoms with van der Waals surface area (Å²) < 4.78 is 260. The zero-order valence-electron chi connectivity index (χ0n) is 17.3. The van der Waals surface area contributed by atoms with Crippen LogP contribution in [0, 0.1) is 0 Å². The van der Waals surface area contributed by atoms with Crippen LogP contribution in [0.2, 0.25) is 0 Å². The van der Waals surface area contributed by atoms with E-state index in [0.717, 1.165) is 0 Å². The molecule has 0 amide bonds. The molecule has 1 aromatic carbocycles. The van der Waals surface area contributed by atoms with Crippen molar-refractivity contribution < 1.29 is 144 Å². The zero-order valence-corrected chi connectivity index (χ0v) is 21.2. The molecule has 214 valence electrons. The summed E-state index contributed by atoms with van der Waals surface area (Å²) in [7, 11) is -5.97. The maximum Gasteiger partial charge on any atom is 1.00 e. The first-order chi connectivity index (χ1) is 16.0. The maximum absolute atomic E-state index is 13.8. The van der Waals surface area contributed by atoms with E-state index in [1.807, 2.05) is 0 Å². The molecule has 1 aromatic rings. The Morgan fingerprint density at radius 1 is 0.658 bits per heavy atom. The first kappa shape index (κ1) is 37.1. The van der Waals surface area contributed by atoms with Gasteiger partial charge in [-0.3, -0.25) is 0 Å². The predicted octanol–water partition coefficient (Wildman–Crippen LogP) is 3.46. The number of para-hydroxylation sites is 1. The molecule has 0 aromatic heterocycles. The third-order valence-electron chi connectivity index (χ3n) is 4.02. The van der Waals surface area contributed by atoms with Crippen molar-refractivity contribution in [2.24, 2.45) is 0 Å². The number of allylic oxidation sites excluding steroid dienone is 2. The van der Waals surface area contributed by atoms with Gasteiger partial charge in [0.2, 0.25) is 11.7 Å². The minimum absolute atomic E-state index is 0. The van der Waals surface area contributed by atoms with Gasteiger partial charge in [0.25, 0.3) is 0 Å². The van der Waals surface area contributed by atoms with Crippen molar-refractivity contribution in [3.63, 3.8) is 0 Å². The first-order valence-corrected chi connectivity index (χ1v) is 9.56. The van der Waals surface area contributed by atoms with Gasteiger partial charge in [-0.05, 0) is 12.1 Å². The Kier molecular flexibility index (Phi) is 10.6. The van der Waals surface area contributed by atoms with Crippen molar-refractivity contribution in [1.29, 1.82) is 0 Å². The van der Waals surface area contributed by atoms with E-state index in [4.69, 9.17) is 0 Å². The van der Waals surface area contributed by atoms with Crippen LogP contribution in [0.15, 0.2) is 40.8 Å². The van der Waals surface area contributed by atoms with Crippen LogP contribution in [-0.4, -0.2) is 54.9 Å². The molecule has 0 fully saturated rings. The fourth-order valence-electron chi connectivity index (χ4n) is 2.12. The summed E-state index contributed by atoms with van der Waals surface area (Å²) in [6.07, 6.45) is -14.3. The van der Waals surface area contributed by atoms with Gasteiger partial charge in [0, 0.05) is 0 Å². The Bertz CT molecular complexity index is 1160. The average Bonchev–Trinajstić information content (AvgIpc) is 2.70. The summed E-state index contributed by atoms with van der Waals surface area (Å²) in [6, 6.07) is 0.775. The predicted molar refractivity (Wildman–Crippen MR) is 80.0 cm³/mol. The summed E-state index contributed by atoms with van der Waals surface area (Å²) in [6.45, 7) is 0. The Labute approximate surface area is 241 Å². The Morgan fingerprint density at radius 3 is 1.45 bits per heavy atom. The number of rotatable bonds is 9. The fourth-order valence-corrected chi connectivity index (χ4v) is 2.72. The zero-order chi connectivity index (χ0) is 29.8. The third-order valence-corrected chi connectivity index (χ3v) is 4.89. The quantitative estimate of drug-likeness (QED) is 0.235. The van der Waals surface area contributed by atoms with E-state index in [1.54, 1.807) is 0 Å². The molecule has 0 saturated carbocycles. The van der Waals surface area contributed by atoms with Crippen LogP contribution in [-0.2, 0) is 10.1 Å². The molecule has 0 aliphatic heterocycles.